The number of methoxy groups -OCH3 is 2. The van der Waals surface area contributed by atoms with Gasteiger partial charge in [0.2, 0.25) is 5.91 Å². The summed E-state index contributed by atoms with van der Waals surface area (Å²) in [5.74, 6) is 2.37. The van der Waals surface area contributed by atoms with E-state index in [1.54, 1.807) is 32.6 Å². The molecule has 0 radical (unpaired) electrons. The Labute approximate surface area is 182 Å². The normalized spacial score (nSPS) is 13.6. The summed E-state index contributed by atoms with van der Waals surface area (Å²) >= 11 is 1.68. The van der Waals surface area contributed by atoms with Crippen LogP contribution >= 0.6 is 11.3 Å². The summed E-state index contributed by atoms with van der Waals surface area (Å²) < 4.78 is 10.8. The fourth-order valence-corrected chi connectivity index (χ4v) is 4.17. The number of fused-ring (bicyclic) bond motifs is 1. The fourth-order valence-electron chi connectivity index (χ4n) is 3.50. The van der Waals surface area contributed by atoms with Crippen LogP contribution in [0.5, 0.6) is 11.5 Å². The van der Waals surface area contributed by atoms with Gasteiger partial charge in [0.25, 0.3) is 0 Å². The molecule has 2 heterocycles. The monoisotopic (exact) mass is 430 g/mol. The summed E-state index contributed by atoms with van der Waals surface area (Å²) in [6, 6.07) is 6.10. The fraction of sp³-hybridized carbons (Fsp3) is 0.455. The third-order valence-corrected chi connectivity index (χ3v) is 5.93. The van der Waals surface area contributed by atoms with Crippen LogP contribution < -0.4 is 20.1 Å². The van der Waals surface area contributed by atoms with Gasteiger partial charge in [0.05, 0.1) is 14.2 Å². The summed E-state index contributed by atoms with van der Waals surface area (Å²) in [4.78, 5) is 18.8. The number of hydrogen-bond donors (Lipinski definition) is 2. The molecule has 162 valence electrons. The van der Waals surface area contributed by atoms with Crippen LogP contribution in [0.25, 0.3) is 0 Å². The molecular weight excluding hydrogens is 400 g/mol. The second kappa shape index (κ2) is 10.9. The van der Waals surface area contributed by atoms with Crippen LogP contribution in [0.1, 0.15) is 29.5 Å². The van der Waals surface area contributed by atoms with E-state index in [9.17, 15) is 4.79 Å². The smallest absolute Gasteiger partial charge is 0.222 e. The SMILES string of the molecule is CN=C(NCCCC(=O)N1CCc2cc(OC)c(OC)cc2C1)NCc1ccsc1. The van der Waals surface area contributed by atoms with Gasteiger partial charge in [-0.1, -0.05) is 0 Å². The van der Waals surface area contributed by atoms with Crippen LogP contribution in [0.4, 0.5) is 0 Å². The molecule has 2 aromatic rings. The zero-order valence-electron chi connectivity index (χ0n) is 17.9. The van der Waals surface area contributed by atoms with Gasteiger partial charge in [0.15, 0.2) is 17.5 Å². The van der Waals surface area contributed by atoms with Crippen LogP contribution in [0.15, 0.2) is 34.0 Å². The molecular formula is C22H30N4O3S. The van der Waals surface area contributed by atoms with Crippen molar-refractivity contribution in [2.45, 2.75) is 32.4 Å². The quantitative estimate of drug-likeness (QED) is 0.383. The predicted octanol–water partition coefficient (Wildman–Crippen LogP) is 2.80. The number of thiophene rings is 1. The largest absolute Gasteiger partial charge is 0.493 e. The Bertz CT molecular complexity index is 868. The van der Waals surface area contributed by atoms with Gasteiger partial charge < -0.3 is 25.0 Å². The van der Waals surface area contributed by atoms with Crippen molar-refractivity contribution in [2.75, 3.05) is 34.4 Å². The van der Waals surface area contributed by atoms with E-state index in [0.29, 0.717) is 25.3 Å². The van der Waals surface area contributed by atoms with Crippen LogP contribution in [0, 0.1) is 0 Å². The first kappa shape index (κ1) is 22.0. The van der Waals surface area contributed by atoms with Gasteiger partial charge >= 0.3 is 0 Å². The minimum absolute atomic E-state index is 0.179. The first-order valence-corrected chi connectivity index (χ1v) is 11.1. The Morgan fingerprint density at radius 2 is 1.97 bits per heavy atom. The number of nitrogens with one attached hydrogen (secondary N) is 2. The molecule has 30 heavy (non-hydrogen) atoms. The summed E-state index contributed by atoms with van der Waals surface area (Å²) in [6.45, 7) is 2.79. The van der Waals surface area contributed by atoms with Crippen molar-refractivity contribution in [2.24, 2.45) is 4.99 Å². The molecule has 0 unspecified atom stereocenters. The van der Waals surface area contributed by atoms with E-state index >= 15 is 0 Å². The molecule has 1 aliphatic rings. The lowest BCUT2D eigenvalue weighted by Crippen LogP contribution is -2.38. The Morgan fingerprint density at radius 1 is 1.20 bits per heavy atom. The summed E-state index contributed by atoms with van der Waals surface area (Å²) in [5, 5.41) is 10.7. The maximum atomic E-state index is 12.7. The van der Waals surface area contributed by atoms with Gasteiger partial charge in [0.1, 0.15) is 0 Å². The Morgan fingerprint density at radius 3 is 2.63 bits per heavy atom. The van der Waals surface area contributed by atoms with Crippen LogP contribution in [-0.4, -0.2) is 51.1 Å². The topological polar surface area (TPSA) is 75.2 Å². The van der Waals surface area contributed by atoms with Crippen LogP contribution in [0.3, 0.4) is 0 Å². The van der Waals surface area contributed by atoms with Crippen molar-refractivity contribution in [1.82, 2.24) is 15.5 Å². The van der Waals surface area contributed by atoms with Crippen molar-refractivity contribution in [3.05, 3.63) is 45.6 Å². The van der Waals surface area contributed by atoms with Crippen molar-refractivity contribution in [3.63, 3.8) is 0 Å². The minimum Gasteiger partial charge on any atom is -0.493 e. The van der Waals surface area contributed by atoms with E-state index in [-0.39, 0.29) is 5.91 Å². The molecule has 0 fully saturated rings. The number of nitrogens with zero attached hydrogens (tertiary/aromatic N) is 2. The summed E-state index contributed by atoms with van der Waals surface area (Å²) in [5.41, 5.74) is 3.58. The molecule has 8 heteroatoms. The molecule has 1 amide bonds. The zero-order chi connectivity index (χ0) is 21.3. The number of rotatable bonds is 8. The number of ether oxygens (including phenoxy) is 2. The van der Waals surface area contributed by atoms with Gasteiger partial charge in [-0.2, -0.15) is 11.3 Å². The minimum atomic E-state index is 0.179. The molecule has 0 saturated heterocycles. The standard InChI is InChI=1S/C22H30N4O3S/c1-23-22(25-13-16-7-10-30-15-16)24-8-4-5-21(27)26-9-6-17-11-19(28-2)20(29-3)12-18(17)14-26/h7,10-12,15H,4-6,8-9,13-14H2,1-3H3,(H2,23,24,25). The highest BCUT2D eigenvalue weighted by Crippen LogP contribution is 2.33. The molecule has 0 atom stereocenters. The van der Waals surface area contributed by atoms with Gasteiger partial charge in [0, 0.05) is 39.6 Å². The van der Waals surface area contributed by atoms with Gasteiger partial charge in [-0.15, -0.1) is 0 Å². The molecule has 1 aromatic heterocycles. The molecule has 2 N–H and O–H groups in total. The van der Waals surface area contributed by atoms with E-state index in [2.05, 4.69) is 32.5 Å². The predicted molar refractivity (Wildman–Crippen MR) is 120 cm³/mol. The average Bonchev–Trinajstić information content (AvgIpc) is 3.30. The second-order valence-corrected chi connectivity index (χ2v) is 7.91. The first-order valence-electron chi connectivity index (χ1n) is 10.1. The summed E-state index contributed by atoms with van der Waals surface area (Å²) in [6.07, 6.45) is 2.10. The van der Waals surface area contributed by atoms with Gasteiger partial charge in [-0.05, 0) is 58.5 Å². The highest BCUT2D eigenvalue weighted by Gasteiger charge is 2.22. The number of benzene rings is 1. The Balaban J connectivity index is 1.43. The highest BCUT2D eigenvalue weighted by atomic mass is 32.1. The number of guanidine groups is 1. The van der Waals surface area contributed by atoms with E-state index in [4.69, 9.17) is 9.47 Å². The van der Waals surface area contributed by atoms with Crippen molar-refractivity contribution < 1.29 is 14.3 Å². The number of amides is 1. The van der Waals surface area contributed by atoms with E-state index in [1.165, 1.54) is 11.1 Å². The van der Waals surface area contributed by atoms with E-state index in [1.807, 2.05) is 17.0 Å². The van der Waals surface area contributed by atoms with Crippen molar-refractivity contribution in [1.29, 1.82) is 0 Å². The molecule has 0 aliphatic carbocycles. The Kier molecular flexibility index (Phi) is 7.96. The van der Waals surface area contributed by atoms with Crippen LogP contribution in [-0.2, 0) is 24.3 Å². The molecule has 0 bridgehead atoms. The van der Waals surface area contributed by atoms with Crippen molar-refractivity contribution in [3.8, 4) is 11.5 Å². The number of carbonyl (C=O) groups is 1. The van der Waals surface area contributed by atoms with E-state index < -0.39 is 0 Å². The highest BCUT2D eigenvalue weighted by molar-refractivity contribution is 7.07. The maximum Gasteiger partial charge on any atom is 0.222 e. The number of carbonyl (C=O) groups excluding carboxylic acids is 1. The van der Waals surface area contributed by atoms with Gasteiger partial charge in [-0.3, -0.25) is 9.79 Å². The molecule has 1 aliphatic heterocycles. The third-order valence-electron chi connectivity index (χ3n) is 5.19. The number of aliphatic imine (C=N–C) groups is 1. The second-order valence-electron chi connectivity index (χ2n) is 7.13. The van der Waals surface area contributed by atoms with Crippen molar-refractivity contribution >= 4 is 23.2 Å². The lowest BCUT2D eigenvalue weighted by atomic mass is 9.98. The summed E-state index contributed by atoms with van der Waals surface area (Å²) in [7, 11) is 5.03. The zero-order valence-corrected chi connectivity index (χ0v) is 18.7. The maximum absolute atomic E-state index is 12.7. The Hall–Kier alpha value is -2.74. The van der Waals surface area contributed by atoms with E-state index in [0.717, 1.165) is 43.2 Å². The molecule has 0 saturated carbocycles. The lowest BCUT2D eigenvalue weighted by molar-refractivity contribution is -0.132. The molecule has 3 rings (SSSR count). The molecule has 0 spiro atoms. The molecule has 7 nitrogen and oxygen atoms in total. The average molecular weight is 431 g/mol. The van der Waals surface area contributed by atoms with Crippen LogP contribution in [0.2, 0.25) is 0 Å². The lowest BCUT2D eigenvalue weighted by Gasteiger charge is -2.29. The van der Waals surface area contributed by atoms with Gasteiger partial charge in [-0.25, -0.2) is 0 Å². The number of hydrogen-bond acceptors (Lipinski definition) is 5. The first-order chi connectivity index (χ1) is 14.6. The molecule has 1 aromatic carbocycles. The third kappa shape index (κ3) is 5.66.